The quantitative estimate of drug-likeness (QED) is 0.00930. The molecule has 3 aliphatic carbocycles. The molecule has 3 aromatic heterocycles. The Bertz CT molecular complexity index is 5410. The van der Waals surface area contributed by atoms with Gasteiger partial charge in [-0.2, -0.15) is 39.5 Å². The number of ether oxygens (including phenoxy) is 3. The number of methoxy groups -OCH3 is 3. The number of rotatable bonds is 27. The highest BCUT2D eigenvalue weighted by molar-refractivity contribution is 6.05. The van der Waals surface area contributed by atoms with Gasteiger partial charge in [0.05, 0.1) is 55.1 Å². The van der Waals surface area contributed by atoms with Gasteiger partial charge in [0.1, 0.15) is 40.6 Å². The molecular weight excluding hydrogens is 1610 g/mol. The molecule has 3 fully saturated rings. The fourth-order valence-electron chi connectivity index (χ4n) is 17.0. The van der Waals surface area contributed by atoms with Crippen molar-refractivity contribution in [3.63, 3.8) is 0 Å². The minimum absolute atomic E-state index is 0.0115. The highest BCUT2D eigenvalue weighted by Gasteiger charge is 2.65. The first kappa shape index (κ1) is 90.3. The third-order valence-corrected chi connectivity index (χ3v) is 23.0. The molecule has 7 heterocycles. The van der Waals surface area contributed by atoms with Crippen molar-refractivity contribution in [1.82, 2.24) is 44.6 Å². The van der Waals surface area contributed by atoms with Crippen LogP contribution in [0.5, 0.6) is 0 Å². The fraction of sp³-hybridized carbons (Fsp3) is 0.424. The number of halogens is 9. The molecule has 654 valence electrons. The van der Waals surface area contributed by atoms with Gasteiger partial charge in [0.15, 0.2) is 0 Å². The van der Waals surface area contributed by atoms with Gasteiger partial charge in [-0.3, -0.25) is 9.79 Å². The first-order valence-corrected chi connectivity index (χ1v) is 41.9. The Morgan fingerprint density at radius 1 is 0.419 bits per heavy atom. The molecule has 4 aliphatic heterocycles. The lowest BCUT2D eigenvalue weighted by Gasteiger charge is -2.26. The van der Waals surface area contributed by atoms with Crippen LogP contribution in [0, 0.1) is 0 Å². The number of piperidine rings is 3. The highest BCUT2D eigenvalue weighted by atomic mass is 19.4. The molecule has 0 spiro atoms. The summed E-state index contributed by atoms with van der Waals surface area (Å²) in [6.45, 7) is 12.0. The zero-order chi connectivity index (χ0) is 87.9. The molecule has 7 aliphatic rings. The van der Waals surface area contributed by atoms with Crippen LogP contribution in [-0.4, -0.2) is 212 Å². The summed E-state index contributed by atoms with van der Waals surface area (Å²) in [5.41, 5.74) is 10.2. The minimum atomic E-state index is -4.94. The van der Waals surface area contributed by atoms with E-state index in [0.29, 0.717) is 94.1 Å². The smallest absolute Gasteiger partial charge is 0.454 e. The Labute approximate surface area is 713 Å². The average molecular weight is 1710 g/mol. The molecule has 9 aromatic rings. The van der Waals surface area contributed by atoms with Crippen LogP contribution >= 0.6 is 0 Å². The second-order valence-corrected chi connectivity index (χ2v) is 31.5. The first-order chi connectivity index (χ1) is 59.8. The number of Topliss-reactive ketones (excluding diaryl/α,β-unsaturated/α-hetero) is 1. The summed E-state index contributed by atoms with van der Waals surface area (Å²) in [6.07, 6.45) is 2.31. The first-order valence-electron chi connectivity index (χ1n) is 41.9. The van der Waals surface area contributed by atoms with Crippen molar-refractivity contribution in [2.75, 3.05) is 130 Å². The Balaban J connectivity index is 0.000000158. The molecule has 0 amide bonds. The van der Waals surface area contributed by atoms with Crippen molar-refractivity contribution in [2.45, 2.75) is 140 Å². The lowest BCUT2D eigenvalue weighted by atomic mass is 9.99. The zero-order valence-corrected chi connectivity index (χ0v) is 69.9. The van der Waals surface area contributed by atoms with Gasteiger partial charge in [0.2, 0.25) is 0 Å². The van der Waals surface area contributed by atoms with Crippen LogP contribution in [0.3, 0.4) is 0 Å². The Kier molecular flexibility index (Phi) is 29.4. The SMILES string of the molecule is CN=C(c1cccc(Cc2nc3c(c(NCCCN4CCCCC4)n2)-c2ccc(C(=O)OC)cc2C3)c1)C(F)(F)F.CO.COC(=O)c1ccc2c(c1)Cc1nc(Cc3cccc(C(=O)C(F)(F)F)c3)nc(NCCCN3CCCCC3)c1-2.COC(=O)c1ccc2c(c1)Cc1nc(Cc3cccc(C4(C(F)(F)F)N=N4)c3)nc(NCCCN3CCCCC3)c1-2. The predicted molar refractivity (Wildman–Crippen MR) is 452 cm³/mol. The lowest BCUT2D eigenvalue weighted by molar-refractivity contribution is -0.166. The number of esters is 3. The normalized spacial score (nSPS) is 15.6. The topological polar surface area (TPSA) is 276 Å². The van der Waals surface area contributed by atoms with Gasteiger partial charge in [-0.05, 0) is 215 Å². The molecule has 0 bridgehead atoms. The number of hydrogen-bond acceptors (Lipinski definition) is 23. The Hall–Kier alpha value is -11.5. The molecule has 0 unspecified atom stereocenters. The number of aliphatic hydroxyl groups is 1. The van der Waals surface area contributed by atoms with E-state index in [4.69, 9.17) is 49.2 Å². The van der Waals surface area contributed by atoms with Gasteiger partial charge in [-0.25, -0.2) is 44.3 Å². The van der Waals surface area contributed by atoms with Crippen LogP contribution in [-0.2, 0) is 58.4 Å². The van der Waals surface area contributed by atoms with Gasteiger partial charge >= 0.3 is 42.1 Å². The van der Waals surface area contributed by atoms with Crippen LogP contribution in [0.4, 0.5) is 57.0 Å². The van der Waals surface area contributed by atoms with Gasteiger partial charge in [0, 0.05) is 106 Å². The summed E-state index contributed by atoms with van der Waals surface area (Å²) in [7, 11) is 6.19. The molecule has 3 saturated heterocycles. The summed E-state index contributed by atoms with van der Waals surface area (Å²) >= 11 is 0. The van der Waals surface area contributed by atoms with E-state index in [0.717, 1.165) is 179 Å². The maximum absolute atomic E-state index is 13.6. The third kappa shape index (κ3) is 21.8. The molecule has 124 heavy (non-hydrogen) atoms. The summed E-state index contributed by atoms with van der Waals surface area (Å²) in [4.78, 5) is 88.0. The minimum Gasteiger partial charge on any atom is -0.465 e. The summed E-state index contributed by atoms with van der Waals surface area (Å²) in [5, 5.41) is 24.2. The van der Waals surface area contributed by atoms with Crippen LogP contribution < -0.4 is 16.0 Å². The van der Waals surface area contributed by atoms with E-state index in [1.165, 1.54) is 116 Å². The van der Waals surface area contributed by atoms with E-state index in [-0.39, 0.29) is 30.4 Å². The van der Waals surface area contributed by atoms with Gasteiger partial charge in [-0.1, -0.05) is 98.1 Å². The number of alkyl halides is 9. The predicted octanol–water partition coefficient (Wildman–Crippen LogP) is 16.7. The molecule has 0 saturated carbocycles. The third-order valence-electron chi connectivity index (χ3n) is 23.0. The number of likely N-dealkylation sites (tertiary alicyclic amines) is 3. The van der Waals surface area contributed by atoms with Gasteiger partial charge in [-0.15, -0.1) is 10.2 Å². The van der Waals surface area contributed by atoms with E-state index in [1.54, 1.807) is 54.6 Å². The van der Waals surface area contributed by atoms with Crippen LogP contribution in [0.1, 0.15) is 198 Å². The number of nitrogens with one attached hydrogen (secondary N) is 3. The second-order valence-electron chi connectivity index (χ2n) is 31.5. The molecule has 23 nitrogen and oxygen atoms in total. The lowest BCUT2D eigenvalue weighted by Crippen LogP contribution is -2.31. The van der Waals surface area contributed by atoms with E-state index in [2.05, 4.69) is 45.9 Å². The monoisotopic (exact) mass is 1710 g/mol. The second kappa shape index (κ2) is 40.4. The average Bonchev–Trinajstić information content (AvgIpc) is 1.58. The molecule has 16 rings (SSSR count). The number of carbonyl (C=O) groups is 4. The molecule has 0 atom stereocenters. The number of nitrogens with zero attached hydrogens (tertiary/aromatic N) is 12. The fourth-order valence-corrected chi connectivity index (χ4v) is 17.0. The van der Waals surface area contributed by atoms with Gasteiger partial charge < -0.3 is 50.0 Å². The summed E-state index contributed by atoms with van der Waals surface area (Å²) in [5.74, 6) is 0.414. The molecule has 0 radical (unpaired) electrons. The van der Waals surface area contributed by atoms with E-state index in [9.17, 15) is 58.7 Å². The number of aromatic nitrogens is 6. The number of benzene rings is 6. The molecule has 4 N–H and O–H groups in total. The molecule has 32 heteroatoms. The van der Waals surface area contributed by atoms with Crippen LogP contribution in [0.25, 0.3) is 33.4 Å². The van der Waals surface area contributed by atoms with Crippen LogP contribution in [0.15, 0.2) is 143 Å². The van der Waals surface area contributed by atoms with Crippen molar-refractivity contribution in [1.29, 1.82) is 0 Å². The summed E-state index contributed by atoms with van der Waals surface area (Å²) in [6, 6.07) is 34.3. The van der Waals surface area contributed by atoms with Gasteiger partial charge in [0.25, 0.3) is 5.78 Å². The number of anilines is 3. The standard InChI is InChI=1S/C31H34F3N5O2.C30H31F3N6O2.C30H31F3N4O3.CH4O/c1-35-28(31(32,33)34)21-9-6-8-20(16-21)17-26-37-25-19-23-18-22(30(40)41-2)10-11-24(23)27(25)29(38-26)36-12-7-15-39-13-4-3-5-14-39;1-41-28(40)20-9-10-23-21(17-20)18-24-26(23)27(34-11-6-14-39-12-3-2-4-13-39)36-25(35-24)16-19-7-5-8-22(15-19)29(37-38-29)30(31,32)33;1-40-29(39)21-9-10-23-22(17-21)18-24-26(23)28(34-11-6-14-37-12-3-2-4-13-37)36-25(35-24)16-19-7-5-8-20(15-19)27(38)30(31,32)33;1-2/h6,8-11,16,18H,3-5,7,12-15,17,19H2,1-2H3,(H,36,37,38);5,7-10,15,17H,2-4,6,11-14,16,18H2,1H3,(H,34,35,36);5,7-10,15,17H,2-4,6,11-14,16,18H2,1H3,(H,34,35,36);2H,1H3. The number of carbonyl (C=O) groups excluding carboxylic acids is 4. The van der Waals surface area contributed by atoms with E-state index >= 15 is 0 Å². The maximum Gasteiger partial charge on any atom is 0.454 e. The van der Waals surface area contributed by atoms with Crippen molar-refractivity contribution in [3.05, 3.63) is 229 Å². The van der Waals surface area contributed by atoms with Crippen molar-refractivity contribution >= 4 is 46.9 Å². The number of hydrogen-bond donors (Lipinski definition) is 4. The maximum atomic E-state index is 13.6. The van der Waals surface area contributed by atoms with E-state index < -0.39 is 59.2 Å². The molecular formula is C92H100F9N15O8. The highest BCUT2D eigenvalue weighted by Crippen LogP contribution is 2.53. The summed E-state index contributed by atoms with van der Waals surface area (Å²) < 4.78 is 135. The van der Waals surface area contributed by atoms with E-state index in [1.807, 2.05) is 30.3 Å². The van der Waals surface area contributed by atoms with Crippen LogP contribution in [0.2, 0.25) is 0 Å². The number of aliphatic imine (C=N–C) groups is 1. The largest absolute Gasteiger partial charge is 0.465 e. The molecule has 6 aromatic carbocycles. The zero-order valence-electron chi connectivity index (χ0n) is 69.9. The number of ketones is 1. The Morgan fingerprint density at radius 2 is 0.758 bits per heavy atom. The number of aliphatic hydroxyl groups excluding tert-OH is 1. The number of fused-ring (bicyclic) bond motifs is 9. The van der Waals surface area contributed by atoms with Crippen molar-refractivity contribution < 1.29 is 78.0 Å². The van der Waals surface area contributed by atoms with Crippen molar-refractivity contribution in [3.8, 4) is 33.4 Å². The Morgan fingerprint density at radius 3 is 1.08 bits per heavy atom. The van der Waals surface area contributed by atoms with Crippen molar-refractivity contribution in [2.24, 2.45) is 15.2 Å².